The van der Waals surface area contributed by atoms with E-state index in [0.29, 0.717) is 23.5 Å². The standard InChI is InChI=1S/C14H13F2N5O2/c1-21(7-8-2-4-9(5-3-8)23-13(15)16)14-18-11-10(6-17-20-11)12(22)19-14/h2-6,13H,7H2,1H3,(H2,17,18,19,20,22). The van der Waals surface area contributed by atoms with Crippen molar-refractivity contribution in [1.29, 1.82) is 0 Å². The highest BCUT2D eigenvalue weighted by Crippen LogP contribution is 2.17. The summed E-state index contributed by atoms with van der Waals surface area (Å²) in [6.45, 7) is -2.42. The van der Waals surface area contributed by atoms with Gasteiger partial charge in [-0.15, -0.1) is 0 Å². The normalized spacial score (nSPS) is 11.1. The molecule has 9 heteroatoms. The molecule has 0 aliphatic heterocycles. The lowest BCUT2D eigenvalue weighted by molar-refractivity contribution is -0.0498. The lowest BCUT2D eigenvalue weighted by Crippen LogP contribution is -2.22. The van der Waals surface area contributed by atoms with E-state index in [9.17, 15) is 13.6 Å². The Bertz CT molecular complexity index is 859. The fourth-order valence-corrected chi connectivity index (χ4v) is 2.14. The molecule has 0 saturated heterocycles. The number of alkyl halides is 2. The number of ether oxygens (including phenoxy) is 1. The van der Waals surface area contributed by atoms with Crippen molar-refractivity contribution in [3.8, 4) is 5.75 Å². The van der Waals surface area contributed by atoms with Crippen molar-refractivity contribution < 1.29 is 13.5 Å². The van der Waals surface area contributed by atoms with Crippen LogP contribution in [0.1, 0.15) is 5.56 Å². The molecule has 0 aliphatic rings. The van der Waals surface area contributed by atoms with Gasteiger partial charge in [-0.25, -0.2) is 0 Å². The van der Waals surface area contributed by atoms with Crippen molar-refractivity contribution in [3.05, 3.63) is 46.4 Å². The molecule has 0 amide bonds. The zero-order valence-corrected chi connectivity index (χ0v) is 12.1. The fraction of sp³-hybridized carbons (Fsp3) is 0.214. The summed E-state index contributed by atoms with van der Waals surface area (Å²) in [4.78, 5) is 20.6. The molecule has 0 bridgehead atoms. The molecular formula is C14H13F2N5O2. The maximum absolute atomic E-state index is 12.1. The van der Waals surface area contributed by atoms with Gasteiger partial charge in [-0.05, 0) is 17.7 Å². The largest absolute Gasteiger partial charge is 0.435 e. The number of fused-ring (bicyclic) bond motifs is 1. The molecule has 3 rings (SSSR count). The van der Waals surface area contributed by atoms with Crippen molar-refractivity contribution >= 4 is 17.0 Å². The van der Waals surface area contributed by atoms with E-state index >= 15 is 0 Å². The van der Waals surface area contributed by atoms with Crippen LogP contribution in [0.4, 0.5) is 14.7 Å². The Hall–Kier alpha value is -2.97. The van der Waals surface area contributed by atoms with Crippen LogP contribution in [0.2, 0.25) is 0 Å². The number of hydrogen-bond acceptors (Lipinski definition) is 5. The fourth-order valence-electron chi connectivity index (χ4n) is 2.14. The summed E-state index contributed by atoms with van der Waals surface area (Å²) in [5, 5.41) is 6.81. The SMILES string of the molecule is CN(Cc1ccc(OC(F)F)cc1)c1nc2[nH]ncc2c(=O)[nH]1. The number of halogens is 2. The summed E-state index contributed by atoms with van der Waals surface area (Å²) in [7, 11) is 1.75. The third-order valence-electron chi connectivity index (χ3n) is 3.24. The van der Waals surface area contributed by atoms with E-state index in [4.69, 9.17) is 0 Å². The van der Waals surface area contributed by atoms with Gasteiger partial charge in [0.25, 0.3) is 5.56 Å². The van der Waals surface area contributed by atoms with Crippen LogP contribution >= 0.6 is 0 Å². The van der Waals surface area contributed by atoms with E-state index in [1.165, 1.54) is 18.3 Å². The first kappa shape index (κ1) is 14.9. The molecule has 7 nitrogen and oxygen atoms in total. The third kappa shape index (κ3) is 3.28. The van der Waals surface area contributed by atoms with Gasteiger partial charge in [-0.3, -0.25) is 14.9 Å². The number of nitrogens with zero attached hydrogens (tertiary/aromatic N) is 3. The zero-order valence-electron chi connectivity index (χ0n) is 12.1. The highest BCUT2D eigenvalue weighted by Gasteiger charge is 2.10. The van der Waals surface area contributed by atoms with Crippen LogP contribution in [-0.4, -0.2) is 33.8 Å². The molecule has 2 N–H and O–H groups in total. The van der Waals surface area contributed by atoms with Crippen molar-refractivity contribution in [3.63, 3.8) is 0 Å². The topological polar surface area (TPSA) is 86.9 Å². The second kappa shape index (κ2) is 6.03. The van der Waals surface area contributed by atoms with Gasteiger partial charge in [-0.2, -0.15) is 18.9 Å². The van der Waals surface area contributed by atoms with Gasteiger partial charge in [-0.1, -0.05) is 12.1 Å². The second-order valence-corrected chi connectivity index (χ2v) is 4.90. The summed E-state index contributed by atoms with van der Waals surface area (Å²) in [5.41, 5.74) is 0.962. The third-order valence-corrected chi connectivity index (χ3v) is 3.24. The van der Waals surface area contributed by atoms with Crippen LogP contribution in [-0.2, 0) is 6.54 Å². The second-order valence-electron chi connectivity index (χ2n) is 4.90. The number of H-pyrrole nitrogens is 2. The summed E-state index contributed by atoms with van der Waals surface area (Å²) in [5.74, 6) is 0.469. The average molecular weight is 321 g/mol. The number of hydrogen-bond donors (Lipinski definition) is 2. The van der Waals surface area contributed by atoms with Crippen molar-refractivity contribution in [1.82, 2.24) is 20.2 Å². The molecule has 1 aromatic carbocycles. The molecule has 0 fully saturated rings. The molecule has 2 aromatic heterocycles. The van der Waals surface area contributed by atoms with E-state index in [1.54, 1.807) is 24.1 Å². The Morgan fingerprint density at radius 3 is 2.74 bits per heavy atom. The van der Waals surface area contributed by atoms with Gasteiger partial charge < -0.3 is 9.64 Å². The molecular weight excluding hydrogens is 308 g/mol. The van der Waals surface area contributed by atoms with E-state index in [0.717, 1.165) is 5.56 Å². The number of benzene rings is 1. The molecule has 0 spiro atoms. The Morgan fingerprint density at radius 1 is 1.30 bits per heavy atom. The smallest absolute Gasteiger partial charge is 0.387 e. The zero-order chi connectivity index (χ0) is 16.4. The predicted octanol–water partition coefficient (Wildman–Crippen LogP) is 1.88. The lowest BCUT2D eigenvalue weighted by atomic mass is 10.2. The first-order valence-electron chi connectivity index (χ1n) is 6.71. The van der Waals surface area contributed by atoms with Gasteiger partial charge in [0.2, 0.25) is 5.95 Å². The Morgan fingerprint density at radius 2 is 2.04 bits per heavy atom. The number of nitrogens with one attached hydrogen (secondary N) is 2. The molecule has 23 heavy (non-hydrogen) atoms. The monoisotopic (exact) mass is 321 g/mol. The van der Waals surface area contributed by atoms with Crippen LogP contribution in [0, 0.1) is 0 Å². The molecule has 0 aliphatic carbocycles. The van der Waals surface area contributed by atoms with Crippen molar-refractivity contribution in [2.24, 2.45) is 0 Å². The molecule has 0 radical (unpaired) electrons. The summed E-state index contributed by atoms with van der Waals surface area (Å²) >= 11 is 0. The Labute approximate surface area is 128 Å². The van der Waals surface area contributed by atoms with Gasteiger partial charge >= 0.3 is 6.61 Å². The number of rotatable bonds is 5. The number of aromatic nitrogens is 4. The highest BCUT2D eigenvalue weighted by molar-refractivity contribution is 5.73. The van der Waals surface area contributed by atoms with E-state index in [-0.39, 0.29) is 11.3 Å². The van der Waals surface area contributed by atoms with Crippen LogP contribution in [0.15, 0.2) is 35.3 Å². The van der Waals surface area contributed by atoms with Gasteiger partial charge in [0, 0.05) is 13.6 Å². The first-order valence-corrected chi connectivity index (χ1v) is 6.71. The van der Waals surface area contributed by atoms with Crippen LogP contribution in [0.5, 0.6) is 5.75 Å². The molecule has 2 heterocycles. The average Bonchev–Trinajstić information content (AvgIpc) is 2.97. The minimum atomic E-state index is -2.85. The van der Waals surface area contributed by atoms with Crippen LogP contribution < -0.4 is 15.2 Å². The molecule has 0 unspecified atom stereocenters. The van der Waals surface area contributed by atoms with E-state index in [2.05, 4.69) is 24.9 Å². The summed E-state index contributed by atoms with van der Waals surface area (Å²) in [6.07, 6.45) is 1.41. The van der Waals surface area contributed by atoms with Crippen molar-refractivity contribution in [2.75, 3.05) is 11.9 Å². The van der Waals surface area contributed by atoms with E-state index in [1.807, 2.05) is 0 Å². The van der Waals surface area contributed by atoms with E-state index < -0.39 is 6.61 Å². The molecule has 3 aromatic rings. The van der Waals surface area contributed by atoms with Gasteiger partial charge in [0.05, 0.1) is 6.20 Å². The van der Waals surface area contributed by atoms with Crippen LogP contribution in [0.25, 0.3) is 11.0 Å². The molecule has 0 saturated carbocycles. The maximum Gasteiger partial charge on any atom is 0.387 e. The van der Waals surface area contributed by atoms with Gasteiger partial charge in [0.1, 0.15) is 11.1 Å². The summed E-state index contributed by atoms with van der Waals surface area (Å²) < 4.78 is 28.5. The van der Waals surface area contributed by atoms with Crippen molar-refractivity contribution in [2.45, 2.75) is 13.2 Å². The minimum Gasteiger partial charge on any atom is -0.435 e. The first-order chi connectivity index (χ1) is 11.0. The summed E-state index contributed by atoms with van der Waals surface area (Å²) in [6, 6.07) is 6.26. The quantitative estimate of drug-likeness (QED) is 0.749. The highest BCUT2D eigenvalue weighted by atomic mass is 19.3. The Balaban J connectivity index is 1.77. The molecule has 0 atom stereocenters. The maximum atomic E-state index is 12.1. The number of aromatic amines is 2. The van der Waals surface area contributed by atoms with Gasteiger partial charge in [0.15, 0.2) is 5.65 Å². The molecule has 120 valence electrons. The number of anilines is 1. The van der Waals surface area contributed by atoms with Crippen LogP contribution in [0.3, 0.4) is 0 Å². The Kier molecular flexibility index (Phi) is 3.92. The lowest BCUT2D eigenvalue weighted by Gasteiger charge is -2.17. The predicted molar refractivity (Wildman–Crippen MR) is 79.7 cm³/mol. The minimum absolute atomic E-state index is 0.0943.